The van der Waals surface area contributed by atoms with Crippen molar-refractivity contribution in [3.63, 3.8) is 0 Å². The maximum Gasteiger partial charge on any atom is 0.326 e. The van der Waals surface area contributed by atoms with E-state index in [1.54, 1.807) is 45.0 Å². The molecule has 1 amide bonds. The first kappa shape index (κ1) is 15.0. The number of carbonyl (C=O) groups is 2. The third kappa shape index (κ3) is 4.62. The zero-order chi connectivity index (χ0) is 14.4. The van der Waals surface area contributed by atoms with Crippen molar-refractivity contribution in [2.75, 3.05) is 0 Å². The Hall–Kier alpha value is -2.04. The summed E-state index contributed by atoms with van der Waals surface area (Å²) >= 11 is 0. The van der Waals surface area contributed by atoms with Gasteiger partial charge in [0.15, 0.2) is 6.10 Å². The molecule has 0 heterocycles. The molecule has 104 valence electrons. The van der Waals surface area contributed by atoms with Crippen LogP contribution in [-0.4, -0.2) is 29.1 Å². The minimum absolute atomic E-state index is 0.189. The lowest BCUT2D eigenvalue weighted by atomic mass is 10.0. The Morgan fingerprint density at radius 1 is 1.16 bits per heavy atom. The zero-order valence-corrected chi connectivity index (χ0v) is 11.3. The maximum atomic E-state index is 11.9. The molecular formula is C14H19NO4. The fourth-order valence-corrected chi connectivity index (χ4v) is 1.54. The van der Waals surface area contributed by atoms with Crippen LogP contribution in [0.2, 0.25) is 0 Å². The minimum atomic E-state index is -1.05. The predicted molar refractivity (Wildman–Crippen MR) is 70.9 cm³/mol. The van der Waals surface area contributed by atoms with Gasteiger partial charge in [-0.2, -0.15) is 0 Å². The lowest BCUT2D eigenvalue weighted by Gasteiger charge is -2.21. The summed E-state index contributed by atoms with van der Waals surface area (Å²) < 4.78 is 5.43. The van der Waals surface area contributed by atoms with Crippen LogP contribution in [0.5, 0.6) is 5.75 Å². The van der Waals surface area contributed by atoms with E-state index < -0.39 is 24.0 Å². The van der Waals surface area contributed by atoms with E-state index in [9.17, 15) is 9.59 Å². The highest BCUT2D eigenvalue weighted by atomic mass is 16.5. The second-order valence-electron chi connectivity index (χ2n) is 4.64. The van der Waals surface area contributed by atoms with E-state index in [4.69, 9.17) is 9.84 Å². The molecule has 0 aliphatic heterocycles. The van der Waals surface area contributed by atoms with Crippen LogP contribution >= 0.6 is 0 Å². The van der Waals surface area contributed by atoms with Gasteiger partial charge in [0.1, 0.15) is 11.8 Å². The van der Waals surface area contributed by atoms with E-state index in [-0.39, 0.29) is 5.92 Å². The van der Waals surface area contributed by atoms with E-state index in [1.807, 2.05) is 6.07 Å². The molecule has 5 nitrogen and oxygen atoms in total. The van der Waals surface area contributed by atoms with Crippen molar-refractivity contribution in [3.05, 3.63) is 30.3 Å². The number of amides is 1. The molecular weight excluding hydrogens is 246 g/mol. The molecule has 0 saturated heterocycles. The van der Waals surface area contributed by atoms with Gasteiger partial charge >= 0.3 is 5.97 Å². The third-order valence-electron chi connectivity index (χ3n) is 2.66. The molecule has 2 unspecified atom stereocenters. The Kier molecular flexibility index (Phi) is 5.36. The van der Waals surface area contributed by atoms with Crippen molar-refractivity contribution in [2.24, 2.45) is 5.92 Å². The highest BCUT2D eigenvalue weighted by Gasteiger charge is 2.26. The van der Waals surface area contributed by atoms with Gasteiger partial charge in [0.05, 0.1) is 0 Å². The Morgan fingerprint density at radius 2 is 1.74 bits per heavy atom. The summed E-state index contributed by atoms with van der Waals surface area (Å²) in [4.78, 5) is 22.9. The Labute approximate surface area is 112 Å². The van der Waals surface area contributed by atoms with Crippen LogP contribution in [0, 0.1) is 5.92 Å². The van der Waals surface area contributed by atoms with Crippen molar-refractivity contribution in [1.29, 1.82) is 0 Å². The molecule has 19 heavy (non-hydrogen) atoms. The van der Waals surface area contributed by atoms with Crippen LogP contribution < -0.4 is 10.1 Å². The van der Waals surface area contributed by atoms with Gasteiger partial charge in [-0.3, -0.25) is 4.79 Å². The van der Waals surface area contributed by atoms with E-state index in [0.29, 0.717) is 5.75 Å². The number of para-hydroxylation sites is 1. The van der Waals surface area contributed by atoms with Crippen LogP contribution in [0.25, 0.3) is 0 Å². The number of carbonyl (C=O) groups excluding carboxylic acids is 1. The second kappa shape index (κ2) is 6.78. The van der Waals surface area contributed by atoms with Crippen molar-refractivity contribution in [1.82, 2.24) is 5.32 Å². The minimum Gasteiger partial charge on any atom is -0.481 e. The number of aliphatic carboxylic acids is 1. The highest BCUT2D eigenvalue weighted by Crippen LogP contribution is 2.11. The van der Waals surface area contributed by atoms with Gasteiger partial charge in [0.25, 0.3) is 5.91 Å². The predicted octanol–water partition coefficient (Wildman–Crippen LogP) is 1.68. The monoisotopic (exact) mass is 265 g/mol. The molecule has 0 bridgehead atoms. The largest absolute Gasteiger partial charge is 0.481 e. The highest BCUT2D eigenvalue weighted by molar-refractivity contribution is 5.86. The van der Waals surface area contributed by atoms with Gasteiger partial charge in [-0.25, -0.2) is 4.79 Å². The lowest BCUT2D eigenvalue weighted by molar-refractivity contribution is -0.144. The van der Waals surface area contributed by atoms with Crippen LogP contribution in [0.15, 0.2) is 30.3 Å². The fraction of sp³-hybridized carbons (Fsp3) is 0.429. The molecule has 0 saturated carbocycles. The van der Waals surface area contributed by atoms with Gasteiger partial charge in [-0.05, 0) is 25.0 Å². The number of ether oxygens (including phenoxy) is 1. The number of hydrogen-bond donors (Lipinski definition) is 2. The summed E-state index contributed by atoms with van der Waals surface area (Å²) in [7, 11) is 0. The summed E-state index contributed by atoms with van der Waals surface area (Å²) in [6.07, 6.45) is -0.747. The Morgan fingerprint density at radius 3 is 2.21 bits per heavy atom. The standard InChI is InChI=1S/C14H19NO4/c1-9(2)12(14(17)18)15-13(16)10(3)19-11-7-5-4-6-8-11/h4-10,12H,1-3H3,(H,15,16)(H,17,18). The SMILES string of the molecule is CC(Oc1ccccc1)C(=O)NC(C(=O)O)C(C)C. The van der Waals surface area contributed by atoms with Gasteiger partial charge in [-0.15, -0.1) is 0 Å². The normalized spacial score (nSPS) is 13.7. The summed E-state index contributed by atoms with van der Waals surface area (Å²) in [6.45, 7) is 5.06. The molecule has 1 aromatic carbocycles. The number of hydrogen-bond acceptors (Lipinski definition) is 3. The van der Waals surface area contributed by atoms with E-state index in [1.165, 1.54) is 0 Å². The van der Waals surface area contributed by atoms with Crippen LogP contribution in [0.4, 0.5) is 0 Å². The first-order chi connectivity index (χ1) is 8.91. The van der Waals surface area contributed by atoms with E-state index in [2.05, 4.69) is 5.32 Å². The molecule has 0 aliphatic carbocycles. The zero-order valence-electron chi connectivity index (χ0n) is 11.3. The Balaban J connectivity index is 2.60. The molecule has 0 aliphatic rings. The van der Waals surface area contributed by atoms with Crippen molar-refractivity contribution in [2.45, 2.75) is 32.9 Å². The first-order valence-electron chi connectivity index (χ1n) is 6.16. The summed E-state index contributed by atoms with van der Waals surface area (Å²) in [5, 5.41) is 11.5. The van der Waals surface area contributed by atoms with Gasteiger partial charge in [0.2, 0.25) is 0 Å². The molecule has 0 fully saturated rings. The van der Waals surface area contributed by atoms with Crippen molar-refractivity contribution >= 4 is 11.9 Å². The quantitative estimate of drug-likeness (QED) is 0.820. The smallest absolute Gasteiger partial charge is 0.326 e. The molecule has 0 spiro atoms. The van der Waals surface area contributed by atoms with Gasteiger partial charge < -0.3 is 15.2 Å². The average Bonchev–Trinajstić information content (AvgIpc) is 2.35. The number of rotatable bonds is 6. The fourth-order valence-electron chi connectivity index (χ4n) is 1.54. The molecule has 1 rings (SSSR count). The van der Waals surface area contributed by atoms with Gasteiger partial charge in [-0.1, -0.05) is 32.0 Å². The topological polar surface area (TPSA) is 75.6 Å². The molecule has 2 N–H and O–H groups in total. The Bertz CT molecular complexity index is 430. The molecule has 1 aromatic rings. The maximum absolute atomic E-state index is 11.9. The van der Waals surface area contributed by atoms with Crippen molar-refractivity contribution < 1.29 is 19.4 Å². The molecule has 5 heteroatoms. The van der Waals surface area contributed by atoms with Crippen molar-refractivity contribution in [3.8, 4) is 5.75 Å². The van der Waals surface area contributed by atoms with E-state index >= 15 is 0 Å². The van der Waals surface area contributed by atoms with Crippen LogP contribution in [0.3, 0.4) is 0 Å². The number of carboxylic acids is 1. The molecule has 0 radical (unpaired) electrons. The number of nitrogens with one attached hydrogen (secondary N) is 1. The van der Waals surface area contributed by atoms with E-state index in [0.717, 1.165) is 0 Å². The molecule has 0 aromatic heterocycles. The lowest BCUT2D eigenvalue weighted by Crippen LogP contribution is -2.48. The van der Waals surface area contributed by atoms with Gasteiger partial charge in [0, 0.05) is 0 Å². The van der Waals surface area contributed by atoms with Crippen LogP contribution in [0.1, 0.15) is 20.8 Å². The number of benzene rings is 1. The summed E-state index contributed by atoms with van der Waals surface area (Å²) in [5.41, 5.74) is 0. The summed E-state index contributed by atoms with van der Waals surface area (Å²) in [5.74, 6) is -1.10. The molecule has 2 atom stereocenters. The average molecular weight is 265 g/mol. The number of carboxylic acid groups (broad SMARTS) is 1. The first-order valence-corrected chi connectivity index (χ1v) is 6.16. The summed E-state index contributed by atoms with van der Waals surface area (Å²) in [6, 6.07) is 8.01. The second-order valence-corrected chi connectivity index (χ2v) is 4.64. The van der Waals surface area contributed by atoms with Crippen LogP contribution in [-0.2, 0) is 9.59 Å². The third-order valence-corrected chi connectivity index (χ3v) is 2.66.